The summed E-state index contributed by atoms with van der Waals surface area (Å²) < 4.78 is 66.2. The molecule has 2 aromatic heterocycles. The van der Waals surface area contributed by atoms with Gasteiger partial charge in [0.2, 0.25) is 0 Å². The van der Waals surface area contributed by atoms with E-state index in [0.29, 0.717) is 11.3 Å². The van der Waals surface area contributed by atoms with Gasteiger partial charge in [-0.3, -0.25) is 9.98 Å². The third-order valence-electron chi connectivity index (χ3n) is 3.62. The van der Waals surface area contributed by atoms with Crippen LogP contribution in [0, 0.1) is 0 Å². The molecule has 1 aliphatic rings. The average Bonchev–Trinajstić information content (AvgIpc) is 3.15. The van der Waals surface area contributed by atoms with Crippen LogP contribution in [-0.2, 0) is 16.6 Å². The SMILES string of the molecule is O=S(=O)(NCC(c1ccc[nH]1)C(F)(F)F)C1=NCc2ncccc21. The minimum atomic E-state index is -4.59. The highest BCUT2D eigenvalue weighted by molar-refractivity contribution is 8.05. The van der Waals surface area contributed by atoms with Gasteiger partial charge in [-0.2, -0.15) is 13.2 Å². The van der Waals surface area contributed by atoms with E-state index in [4.69, 9.17) is 0 Å². The van der Waals surface area contributed by atoms with Gasteiger partial charge in [-0.1, -0.05) is 0 Å². The fourth-order valence-electron chi connectivity index (χ4n) is 2.44. The zero-order valence-corrected chi connectivity index (χ0v) is 13.0. The van der Waals surface area contributed by atoms with E-state index in [0.717, 1.165) is 0 Å². The number of fused-ring (bicyclic) bond motifs is 1. The van der Waals surface area contributed by atoms with Crippen LogP contribution in [0.3, 0.4) is 0 Å². The normalized spacial score (nSPS) is 15.9. The summed E-state index contributed by atoms with van der Waals surface area (Å²) in [6, 6.07) is 5.76. The molecule has 1 atom stereocenters. The Balaban J connectivity index is 1.80. The van der Waals surface area contributed by atoms with Gasteiger partial charge in [-0.15, -0.1) is 0 Å². The molecule has 1 aliphatic heterocycles. The maximum atomic E-state index is 13.2. The first kappa shape index (κ1) is 16.7. The minimum Gasteiger partial charge on any atom is -0.364 e. The molecule has 0 spiro atoms. The Morgan fingerprint density at radius 2 is 2.08 bits per heavy atom. The van der Waals surface area contributed by atoms with Crippen molar-refractivity contribution in [1.82, 2.24) is 14.7 Å². The standard InChI is InChI=1S/C14H13F3N4O2S/c15-14(16,17)10(11-4-2-6-18-11)7-21-24(22,23)13-9-3-1-5-19-12(9)8-20-13/h1-6,10,18,21H,7-8H2. The van der Waals surface area contributed by atoms with Crippen LogP contribution in [0.2, 0.25) is 0 Å². The van der Waals surface area contributed by atoms with Crippen LogP contribution in [0.5, 0.6) is 0 Å². The Kier molecular flexibility index (Phi) is 4.18. The first-order valence-electron chi connectivity index (χ1n) is 6.97. The van der Waals surface area contributed by atoms with Crippen molar-refractivity contribution in [2.45, 2.75) is 18.6 Å². The number of H-pyrrole nitrogens is 1. The first-order valence-corrected chi connectivity index (χ1v) is 8.46. The maximum Gasteiger partial charge on any atom is 0.398 e. The molecule has 1 unspecified atom stereocenters. The van der Waals surface area contributed by atoms with Gasteiger partial charge in [0.05, 0.1) is 12.2 Å². The number of alkyl halides is 3. The van der Waals surface area contributed by atoms with Crippen molar-refractivity contribution >= 4 is 15.1 Å². The van der Waals surface area contributed by atoms with E-state index in [-0.39, 0.29) is 17.3 Å². The van der Waals surface area contributed by atoms with Gasteiger partial charge in [0.25, 0.3) is 10.0 Å². The third-order valence-corrected chi connectivity index (χ3v) is 5.02. The van der Waals surface area contributed by atoms with Gasteiger partial charge in [0.1, 0.15) is 5.92 Å². The number of hydrogen-bond acceptors (Lipinski definition) is 4. The predicted octanol–water partition coefficient (Wildman–Crippen LogP) is 1.94. The number of pyridine rings is 1. The molecule has 0 aliphatic carbocycles. The number of nitrogens with zero attached hydrogens (tertiary/aromatic N) is 2. The lowest BCUT2D eigenvalue weighted by molar-refractivity contribution is -0.149. The van der Waals surface area contributed by atoms with Crippen LogP contribution in [0.4, 0.5) is 13.2 Å². The largest absolute Gasteiger partial charge is 0.398 e. The van der Waals surface area contributed by atoms with Crippen molar-refractivity contribution in [3.63, 3.8) is 0 Å². The number of sulfonamides is 1. The van der Waals surface area contributed by atoms with Gasteiger partial charge < -0.3 is 4.98 Å². The Morgan fingerprint density at radius 1 is 1.29 bits per heavy atom. The molecule has 0 saturated heterocycles. The van der Waals surface area contributed by atoms with E-state index in [1.165, 1.54) is 30.6 Å². The summed E-state index contributed by atoms with van der Waals surface area (Å²) in [6.07, 6.45) is -1.74. The summed E-state index contributed by atoms with van der Waals surface area (Å²) in [5.74, 6) is -1.97. The molecule has 0 saturated carbocycles. The highest BCUT2D eigenvalue weighted by Crippen LogP contribution is 2.33. The molecule has 3 heterocycles. The Morgan fingerprint density at radius 3 is 2.75 bits per heavy atom. The molecular formula is C14H13F3N4O2S. The number of halogens is 3. The molecule has 3 rings (SSSR count). The van der Waals surface area contributed by atoms with Crippen LogP contribution >= 0.6 is 0 Å². The molecule has 2 N–H and O–H groups in total. The summed E-state index contributed by atoms with van der Waals surface area (Å²) in [5, 5.41) is -0.280. The summed E-state index contributed by atoms with van der Waals surface area (Å²) in [7, 11) is -4.17. The summed E-state index contributed by atoms with van der Waals surface area (Å²) in [5.41, 5.74) is 0.684. The quantitative estimate of drug-likeness (QED) is 0.876. The second kappa shape index (κ2) is 6.02. The molecule has 0 bridgehead atoms. The van der Waals surface area contributed by atoms with E-state index in [1.807, 2.05) is 4.72 Å². The van der Waals surface area contributed by atoms with Gasteiger partial charge >= 0.3 is 6.18 Å². The van der Waals surface area contributed by atoms with E-state index >= 15 is 0 Å². The molecule has 0 amide bonds. The lowest BCUT2D eigenvalue weighted by atomic mass is 10.1. The second-order valence-electron chi connectivity index (χ2n) is 5.19. The lowest BCUT2D eigenvalue weighted by Crippen LogP contribution is -2.38. The Labute approximate surface area is 135 Å². The number of aromatic amines is 1. The summed E-state index contributed by atoms with van der Waals surface area (Å²) in [6.45, 7) is -0.729. The predicted molar refractivity (Wildman–Crippen MR) is 81.0 cm³/mol. The van der Waals surface area contributed by atoms with Crippen molar-refractivity contribution in [1.29, 1.82) is 0 Å². The van der Waals surface area contributed by atoms with E-state index in [1.54, 1.807) is 6.07 Å². The van der Waals surface area contributed by atoms with E-state index < -0.39 is 28.7 Å². The Bertz CT molecular complexity index is 860. The maximum absolute atomic E-state index is 13.2. The zero-order chi connectivity index (χ0) is 17.4. The molecule has 2 aromatic rings. The zero-order valence-electron chi connectivity index (χ0n) is 12.2. The van der Waals surface area contributed by atoms with Crippen molar-refractivity contribution in [3.8, 4) is 0 Å². The van der Waals surface area contributed by atoms with Crippen molar-refractivity contribution in [2.75, 3.05) is 6.54 Å². The van der Waals surface area contributed by atoms with Crippen molar-refractivity contribution in [2.24, 2.45) is 4.99 Å². The average molecular weight is 358 g/mol. The van der Waals surface area contributed by atoms with Gasteiger partial charge in [0, 0.05) is 30.2 Å². The number of aliphatic imine (C=N–C) groups is 1. The molecule has 128 valence electrons. The van der Waals surface area contributed by atoms with Crippen LogP contribution in [0.1, 0.15) is 22.9 Å². The number of aromatic nitrogens is 2. The molecule has 0 fully saturated rings. The molecule has 24 heavy (non-hydrogen) atoms. The summed E-state index contributed by atoms with van der Waals surface area (Å²) in [4.78, 5) is 10.4. The van der Waals surface area contributed by atoms with Crippen LogP contribution in [0.25, 0.3) is 0 Å². The second-order valence-corrected chi connectivity index (χ2v) is 6.87. The van der Waals surface area contributed by atoms with Crippen LogP contribution < -0.4 is 4.72 Å². The molecule has 0 aromatic carbocycles. The number of hydrogen-bond donors (Lipinski definition) is 2. The first-order chi connectivity index (χ1) is 11.3. The monoisotopic (exact) mass is 358 g/mol. The smallest absolute Gasteiger partial charge is 0.364 e. The fourth-order valence-corrected chi connectivity index (χ4v) is 3.68. The van der Waals surface area contributed by atoms with Crippen molar-refractivity contribution in [3.05, 3.63) is 53.6 Å². The lowest BCUT2D eigenvalue weighted by Gasteiger charge is -2.19. The fraction of sp³-hybridized carbons (Fsp3) is 0.286. The van der Waals surface area contributed by atoms with E-state index in [9.17, 15) is 21.6 Å². The van der Waals surface area contributed by atoms with E-state index in [2.05, 4.69) is 15.0 Å². The van der Waals surface area contributed by atoms with Gasteiger partial charge in [0.15, 0.2) is 5.04 Å². The van der Waals surface area contributed by atoms with Gasteiger partial charge in [-0.05, 0) is 24.3 Å². The van der Waals surface area contributed by atoms with Crippen molar-refractivity contribution < 1.29 is 21.6 Å². The number of rotatable bonds is 4. The Hall–Kier alpha value is -2.20. The highest BCUT2D eigenvalue weighted by atomic mass is 32.2. The van der Waals surface area contributed by atoms with Gasteiger partial charge in [-0.25, -0.2) is 13.1 Å². The van der Waals surface area contributed by atoms with Crippen LogP contribution in [0.15, 0.2) is 41.7 Å². The minimum absolute atomic E-state index is 0.0890. The third kappa shape index (κ3) is 3.20. The topological polar surface area (TPSA) is 87.2 Å². The number of nitrogens with one attached hydrogen (secondary N) is 2. The molecule has 10 heteroatoms. The summed E-state index contributed by atoms with van der Waals surface area (Å²) >= 11 is 0. The molecule has 6 nitrogen and oxygen atoms in total. The molecular weight excluding hydrogens is 345 g/mol. The molecule has 0 radical (unpaired) electrons. The highest BCUT2D eigenvalue weighted by Gasteiger charge is 2.42. The van der Waals surface area contributed by atoms with Crippen LogP contribution in [-0.4, -0.2) is 36.2 Å².